The summed E-state index contributed by atoms with van der Waals surface area (Å²) < 4.78 is 1.79. The first kappa shape index (κ1) is 20.4. The molecule has 0 bridgehead atoms. The van der Waals surface area contributed by atoms with Crippen LogP contribution in [0.4, 0.5) is 0 Å². The van der Waals surface area contributed by atoms with E-state index in [1.165, 1.54) is 12.3 Å². The van der Waals surface area contributed by atoms with E-state index in [0.717, 1.165) is 29.5 Å². The molecule has 0 radical (unpaired) electrons. The number of carboxylic acid groups (broad SMARTS) is 1. The van der Waals surface area contributed by atoms with E-state index in [1.807, 2.05) is 26.0 Å². The van der Waals surface area contributed by atoms with Crippen LogP contribution in [0, 0.1) is 23.2 Å². The van der Waals surface area contributed by atoms with Crippen LogP contribution in [0.25, 0.3) is 11.3 Å². The van der Waals surface area contributed by atoms with Crippen molar-refractivity contribution < 1.29 is 20.1 Å². The van der Waals surface area contributed by atoms with Crippen molar-refractivity contribution in [3.05, 3.63) is 56.9 Å². The average molecular weight is 407 g/mol. The maximum Gasteiger partial charge on any atom is 0.341 e. The van der Waals surface area contributed by atoms with Gasteiger partial charge in [-0.05, 0) is 42.5 Å². The zero-order valence-corrected chi connectivity index (χ0v) is 17.1. The fourth-order valence-electron chi connectivity index (χ4n) is 4.00. The Kier molecular flexibility index (Phi) is 5.05. The van der Waals surface area contributed by atoms with Crippen molar-refractivity contribution in [2.75, 3.05) is 6.61 Å². The van der Waals surface area contributed by atoms with Crippen molar-refractivity contribution in [1.82, 2.24) is 4.57 Å². The minimum absolute atomic E-state index is 0.0932. The Balaban J connectivity index is 1.95. The Bertz CT molecular complexity index is 1140. The minimum Gasteiger partial charge on any atom is -0.477 e. The van der Waals surface area contributed by atoms with Crippen LogP contribution in [0.5, 0.6) is 0 Å². The van der Waals surface area contributed by atoms with E-state index < -0.39 is 16.8 Å². The van der Waals surface area contributed by atoms with Crippen molar-refractivity contribution in [3.63, 3.8) is 0 Å². The van der Waals surface area contributed by atoms with Gasteiger partial charge >= 0.3 is 5.97 Å². The summed E-state index contributed by atoms with van der Waals surface area (Å²) in [4.78, 5) is 24.0. The number of carboxylic acids is 1. The smallest absolute Gasteiger partial charge is 0.341 e. The Labute approximate surface area is 174 Å². The molecule has 2 aromatic rings. The molecule has 1 aromatic carbocycles. The summed E-state index contributed by atoms with van der Waals surface area (Å²) in [5.74, 6) is 5.59. The van der Waals surface area contributed by atoms with Crippen LogP contribution in [-0.4, -0.2) is 32.5 Å². The van der Waals surface area contributed by atoms with E-state index in [1.54, 1.807) is 4.57 Å². The van der Waals surface area contributed by atoms with Gasteiger partial charge in [0.1, 0.15) is 5.56 Å². The summed E-state index contributed by atoms with van der Waals surface area (Å²) in [6.07, 6.45) is 4.16. The topological polar surface area (TPSA) is 99.8 Å². The molecule has 2 aliphatic rings. The van der Waals surface area contributed by atoms with Gasteiger partial charge in [-0.3, -0.25) is 4.79 Å². The third kappa shape index (κ3) is 3.55. The van der Waals surface area contributed by atoms with E-state index in [9.17, 15) is 24.9 Å². The molecule has 1 fully saturated rings. The third-order valence-corrected chi connectivity index (χ3v) is 6.13. The number of hydrogen-bond acceptors (Lipinski definition) is 4. The van der Waals surface area contributed by atoms with Gasteiger partial charge in [-0.25, -0.2) is 4.79 Å². The van der Waals surface area contributed by atoms with Gasteiger partial charge in [-0.1, -0.05) is 25.7 Å². The first-order valence-electron chi connectivity index (χ1n) is 10.1. The number of aromatic nitrogens is 1. The van der Waals surface area contributed by atoms with Crippen LogP contribution in [0.1, 0.15) is 59.8 Å². The SMILES string of the molecule is CC(C)(CO)[C@@H]1Cc2cc(C#CC3CC3)c(CO)cc2-c2cc(=O)c(C(=O)O)cn21. The van der Waals surface area contributed by atoms with E-state index in [2.05, 4.69) is 11.8 Å². The summed E-state index contributed by atoms with van der Waals surface area (Å²) in [6, 6.07) is 4.92. The predicted molar refractivity (Wildman–Crippen MR) is 112 cm³/mol. The molecule has 2 heterocycles. The van der Waals surface area contributed by atoms with Crippen molar-refractivity contribution in [1.29, 1.82) is 0 Å². The quantitative estimate of drug-likeness (QED) is 0.677. The zero-order valence-electron chi connectivity index (χ0n) is 17.1. The molecule has 1 aromatic heterocycles. The van der Waals surface area contributed by atoms with E-state index >= 15 is 0 Å². The number of hydrogen-bond donors (Lipinski definition) is 3. The highest BCUT2D eigenvalue weighted by atomic mass is 16.4. The fourth-order valence-corrected chi connectivity index (χ4v) is 4.00. The lowest BCUT2D eigenvalue weighted by atomic mass is 9.77. The molecule has 1 aliphatic carbocycles. The lowest BCUT2D eigenvalue weighted by Gasteiger charge is -2.40. The molecule has 30 heavy (non-hydrogen) atoms. The highest BCUT2D eigenvalue weighted by Crippen LogP contribution is 2.43. The molecular weight excluding hydrogens is 382 g/mol. The Hall–Kier alpha value is -2.88. The number of aromatic carboxylic acids is 1. The van der Waals surface area contributed by atoms with E-state index in [0.29, 0.717) is 23.6 Å². The summed E-state index contributed by atoms with van der Waals surface area (Å²) in [5, 5.41) is 29.3. The average Bonchev–Trinajstić information content (AvgIpc) is 3.54. The standard InChI is InChI=1S/C24H25NO5/c1-24(2,13-27)22-9-16-7-15(6-5-14-3-4-14)17(12-26)8-18(16)20-10-21(28)19(23(29)30)11-25(20)22/h7-8,10-11,14,22,26-27H,3-4,9,12-13H2,1-2H3,(H,29,30)/t22-/m0/s1. The minimum atomic E-state index is -1.27. The van der Waals surface area contributed by atoms with Crippen LogP contribution < -0.4 is 5.43 Å². The second kappa shape index (κ2) is 7.42. The molecule has 6 nitrogen and oxygen atoms in total. The molecule has 1 saturated carbocycles. The van der Waals surface area contributed by atoms with Gasteiger partial charge < -0.3 is 19.9 Å². The molecule has 0 spiro atoms. The Morgan fingerprint density at radius 1 is 1.23 bits per heavy atom. The molecule has 3 N–H and O–H groups in total. The molecular formula is C24H25NO5. The predicted octanol–water partition coefficient (Wildman–Crippen LogP) is 2.58. The fraction of sp³-hybridized carbons (Fsp3) is 0.417. The zero-order chi connectivity index (χ0) is 21.6. The number of fused-ring (bicyclic) bond motifs is 3. The van der Waals surface area contributed by atoms with Crippen LogP contribution in [0.15, 0.2) is 29.2 Å². The Morgan fingerprint density at radius 3 is 2.57 bits per heavy atom. The van der Waals surface area contributed by atoms with Gasteiger partial charge in [0.2, 0.25) is 0 Å². The summed E-state index contributed by atoms with van der Waals surface area (Å²) in [7, 11) is 0. The van der Waals surface area contributed by atoms with Gasteiger partial charge in [0, 0.05) is 40.8 Å². The first-order valence-corrected chi connectivity index (χ1v) is 10.1. The van der Waals surface area contributed by atoms with Crippen LogP contribution in [-0.2, 0) is 13.0 Å². The number of benzene rings is 1. The van der Waals surface area contributed by atoms with E-state index in [4.69, 9.17) is 0 Å². The molecule has 0 amide bonds. The summed E-state index contributed by atoms with van der Waals surface area (Å²) in [5.41, 5.74) is 2.41. The van der Waals surface area contributed by atoms with Crippen LogP contribution in [0.2, 0.25) is 0 Å². The highest BCUT2D eigenvalue weighted by molar-refractivity contribution is 5.87. The third-order valence-electron chi connectivity index (χ3n) is 6.13. The second-order valence-corrected chi connectivity index (χ2v) is 8.88. The number of rotatable bonds is 4. The number of carbonyl (C=O) groups is 1. The molecule has 1 atom stereocenters. The molecule has 6 heteroatoms. The second-order valence-electron chi connectivity index (χ2n) is 8.88. The lowest BCUT2D eigenvalue weighted by molar-refractivity contribution is 0.0691. The van der Waals surface area contributed by atoms with Crippen molar-refractivity contribution in [2.45, 2.75) is 45.8 Å². The molecule has 4 rings (SSSR count). The van der Waals surface area contributed by atoms with E-state index in [-0.39, 0.29) is 24.8 Å². The first-order chi connectivity index (χ1) is 14.2. The number of aliphatic hydroxyl groups is 2. The van der Waals surface area contributed by atoms with Gasteiger partial charge in [0.15, 0.2) is 5.43 Å². The van der Waals surface area contributed by atoms with Crippen molar-refractivity contribution >= 4 is 5.97 Å². The number of nitrogens with zero attached hydrogens (tertiary/aromatic N) is 1. The van der Waals surface area contributed by atoms with Gasteiger partial charge in [-0.15, -0.1) is 0 Å². The van der Waals surface area contributed by atoms with Crippen LogP contribution >= 0.6 is 0 Å². The van der Waals surface area contributed by atoms with Gasteiger partial charge in [0.25, 0.3) is 0 Å². The molecule has 156 valence electrons. The summed E-state index contributed by atoms with van der Waals surface area (Å²) >= 11 is 0. The monoisotopic (exact) mass is 407 g/mol. The maximum absolute atomic E-state index is 12.5. The largest absolute Gasteiger partial charge is 0.477 e. The Morgan fingerprint density at radius 2 is 1.97 bits per heavy atom. The van der Waals surface area contributed by atoms with Crippen molar-refractivity contribution in [3.8, 4) is 23.1 Å². The maximum atomic E-state index is 12.5. The van der Waals surface area contributed by atoms with Crippen LogP contribution in [0.3, 0.4) is 0 Å². The molecule has 0 saturated heterocycles. The molecule has 0 unspecified atom stereocenters. The van der Waals surface area contributed by atoms with Crippen molar-refractivity contribution in [2.24, 2.45) is 11.3 Å². The normalized spacial score (nSPS) is 17.5. The summed E-state index contributed by atoms with van der Waals surface area (Å²) in [6.45, 7) is 3.57. The highest BCUT2D eigenvalue weighted by Gasteiger charge is 2.36. The lowest BCUT2D eigenvalue weighted by Crippen LogP contribution is -2.36. The number of pyridine rings is 1. The number of aliphatic hydroxyl groups excluding tert-OH is 2. The van der Waals surface area contributed by atoms with Gasteiger partial charge in [-0.2, -0.15) is 0 Å². The molecule has 1 aliphatic heterocycles. The van der Waals surface area contributed by atoms with Gasteiger partial charge in [0.05, 0.1) is 18.9 Å².